The van der Waals surface area contributed by atoms with Crippen molar-refractivity contribution in [3.8, 4) is 11.5 Å². The number of allylic oxidation sites excluding steroid dienone is 1. The average molecular weight is 334 g/mol. The van der Waals surface area contributed by atoms with Crippen molar-refractivity contribution >= 4 is 5.97 Å². The van der Waals surface area contributed by atoms with Gasteiger partial charge in [-0.1, -0.05) is 12.2 Å². The number of phenolic OH excluding ortho intramolecular Hbond substituents is 2. The minimum absolute atomic E-state index is 0.0163. The third kappa shape index (κ3) is 3.88. The molecule has 0 saturated carbocycles. The van der Waals surface area contributed by atoms with E-state index in [2.05, 4.69) is 0 Å². The second kappa shape index (κ2) is 6.83. The van der Waals surface area contributed by atoms with Gasteiger partial charge in [0, 0.05) is 18.9 Å². The number of esters is 1. The predicted octanol–water partition coefficient (Wildman–Crippen LogP) is 2.05. The van der Waals surface area contributed by atoms with Crippen LogP contribution in [0.15, 0.2) is 24.3 Å². The van der Waals surface area contributed by atoms with E-state index in [9.17, 15) is 20.1 Å². The second-order valence-corrected chi connectivity index (χ2v) is 6.44. The molecule has 4 atom stereocenters. The van der Waals surface area contributed by atoms with Crippen molar-refractivity contribution in [1.29, 1.82) is 0 Å². The molecular weight excluding hydrogens is 312 g/mol. The van der Waals surface area contributed by atoms with Gasteiger partial charge in [0.25, 0.3) is 0 Å². The fourth-order valence-corrected chi connectivity index (χ4v) is 3.13. The number of rotatable bonds is 0. The Hall–Kier alpha value is -2.05. The molecule has 0 bridgehead atoms. The molecule has 2 aliphatic rings. The summed E-state index contributed by atoms with van der Waals surface area (Å²) in [5.74, 6) is -1.19. The van der Waals surface area contributed by atoms with Crippen LogP contribution in [0.25, 0.3) is 0 Å². The summed E-state index contributed by atoms with van der Waals surface area (Å²) < 4.78 is 11.0. The fraction of sp³-hybridized carbons (Fsp3) is 0.500. The minimum Gasteiger partial charge on any atom is -0.508 e. The number of cyclic esters (lactones) is 1. The molecule has 0 unspecified atom stereocenters. The lowest BCUT2D eigenvalue weighted by Gasteiger charge is -2.17. The number of carbonyl (C=O) groups is 1. The monoisotopic (exact) mass is 334 g/mol. The molecule has 0 spiro atoms. The molecule has 1 fully saturated rings. The van der Waals surface area contributed by atoms with Crippen LogP contribution in [0.4, 0.5) is 0 Å². The van der Waals surface area contributed by atoms with E-state index < -0.39 is 12.1 Å². The summed E-state index contributed by atoms with van der Waals surface area (Å²) in [6, 6.07) is 2.46. The summed E-state index contributed by atoms with van der Waals surface area (Å²) in [4.78, 5) is 12.4. The summed E-state index contributed by atoms with van der Waals surface area (Å²) in [5, 5.41) is 29.9. The van der Waals surface area contributed by atoms with Crippen LogP contribution in [0, 0.1) is 0 Å². The normalized spacial score (nSPS) is 32.0. The van der Waals surface area contributed by atoms with Crippen molar-refractivity contribution < 1.29 is 29.6 Å². The minimum atomic E-state index is -0.825. The summed E-state index contributed by atoms with van der Waals surface area (Å²) in [5.41, 5.74) is 0.330. The van der Waals surface area contributed by atoms with Gasteiger partial charge in [0.2, 0.25) is 0 Å². The van der Waals surface area contributed by atoms with E-state index in [4.69, 9.17) is 9.47 Å². The molecule has 2 heterocycles. The van der Waals surface area contributed by atoms with Crippen LogP contribution in [0.5, 0.6) is 11.5 Å². The van der Waals surface area contributed by atoms with E-state index in [0.717, 1.165) is 18.9 Å². The van der Waals surface area contributed by atoms with Crippen LogP contribution in [0.2, 0.25) is 0 Å². The van der Waals surface area contributed by atoms with Gasteiger partial charge in [0.05, 0.1) is 18.3 Å². The number of aliphatic hydroxyl groups is 1. The van der Waals surface area contributed by atoms with Crippen LogP contribution < -0.4 is 0 Å². The highest BCUT2D eigenvalue weighted by molar-refractivity contribution is 5.94. The first kappa shape index (κ1) is 16.8. The summed E-state index contributed by atoms with van der Waals surface area (Å²) in [6.07, 6.45) is 5.00. The first-order valence-corrected chi connectivity index (χ1v) is 8.20. The third-order valence-corrected chi connectivity index (χ3v) is 4.35. The highest BCUT2D eigenvalue weighted by Crippen LogP contribution is 2.33. The van der Waals surface area contributed by atoms with Crippen molar-refractivity contribution in [2.24, 2.45) is 0 Å². The Labute approximate surface area is 140 Å². The van der Waals surface area contributed by atoms with Crippen LogP contribution in [0.3, 0.4) is 0 Å². The van der Waals surface area contributed by atoms with Crippen molar-refractivity contribution in [3.05, 3.63) is 35.4 Å². The average Bonchev–Trinajstić information content (AvgIpc) is 3.19. The van der Waals surface area contributed by atoms with E-state index in [1.807, 2.05) is 6.08 Å². The molecule has 3 rings (SSSR count). The quantitative estimate of drug-likeness (QED) is 0.381. The molecular formula is C18H22O6. The van der Waals surface area contributed by atoms with Gasteiger partial charge in [-0.25, -0.2) is 4.79 Å². The summed E-state index contributed by atoms with van der Waals surface area (Å²) >= 11 is 0. The van der Waals surface area contributed by atoms with Gasteiger partial charge < -0.3 is 24.8 Å². The van der Waals surface area contributed by atoms with Gasteiger partial charge in [0.1, 0.15) is 23.2 Å². The third-order valence-electron chi connectivity index (χ3n) is 4.35. The van der Waals surface area contributed by atoms with Gasteiger partial charge in [-0.3, -0.25) is 0 Å². The number of carbonyl (C=O) groups excluding carboxylic acids is 1. The Morgan fingerprint density at radius 2 is 2.00 bits per heavy atom. The number of ether oxygens (including phenoxy) is 2. The number of aromatic hydroxyl groups is 2. The molecule has 0 radical (unpaired) electrons. The zero-order chi connectivity index (χ0) is 17.3. The smallest absolute Gasteiger partial charge is 0.342 e. The van der Waals surface area contributed by atoms with Gasteiger partial charge in [-0.15, -0.1) is 0 Å². The molecule has 3 N–H and O–H groups in total. The van der Waals surface area contributed by atoms with E-state index in [1.165, 1.54) is 6.07 Å². The molecule has 6 nitrogen and oxygen atoms in total. The first-order valence-electron chi connectivity index (χ1n) is 8.20. The Morgan fingerprint density at radius 1 is 1.21 bits per heavy atom. The number of phenols is 2. The molecule has 130 valence electrons. The summed E-state index contributed by atoms with van der Waals surface area (Å²) in [7, 11) is 0. The van der Waals surface area contributed by atoms with E-state index in [-0.39, 0.29) is 41.8 Å². The van der Waals surface area contributed by atoms with Gasteiger partial charge in [0.15, 0.2) is 0 Å². The molecule has 0 amide bonds. The number of hydrogen-bond donors (Lipinski definition) is 3. The largest absolute Gasteiger partial charge is 0.508 e. The highest BCUT2D eigenvalue weighted by atomic mass is 16.6. The number of benzene rings is 1. The fourth-order valence-electron chi connectivity index (χ4n) is 3.13. The van der Waals surface area contributed by atoms with E-state index in [0.29, 0.717) is 12.0 Å². The number of fused-ring (bicyclic) bond motifs is 2. The number of hydrogen-bond acceptors (Lipinski definition) is 6. The van der Waals surface area contributed by atoms with Gasteiger partial charge in [-0.05, 0) is 31.4 Å². The Morgan fingerprint density at radius 3 is 2.79 bits per heavy atom. The lowest BCUT2D eigenvalue weighted by molar-refractivity contribution is 0.0305. The maximum Gasteiger partial charge on any atom is 0.342 e. The SMILES string of the molecule is C[C@@H]1C[C@H]2O[C@@H]2CC/C=C/[C@H](O)Cc2cc(O)cc(O)c2C(=O)O1. The standard InChI is InChI=1S/C18H22O6/c1-10-6-16-15(24-16)5-3-2-4-12(19)7-11-8-13(20)9-14(21)17(11)18(22)23-10/h2,4,8-10,12,15-16,19-21H,3,5-7H2,1H3/b4-2+/t10-,12+,15-,16-/m1/s1. The molecule has 24 heavy (non-hydrogen) atoms. The zero-order valence-corrected chi connectivity index (χ0v) is 13.5. The van der Waals surface area contributed by atoms with Crippen molar-refractivity contribution in [2.75, 3.05) is 0 Å². The zero-order valence-electron chi connectivity index (χ0n) is 13.5. The highest BCUT2D eigenvalue weighted by Gasteiger charge is 2.39. The Balaban J connectivity index is 1.90. The van der Waals surface area contributed by atoms with E-state index >= 15 is 0 Å². The van der Waals surface area contributed by atoms with Crippen molar-refractivity contribution in [2.45, 2.75) is 57.0 Å². The van der Waals surface area contributed by atoms with Crippen LogP contribution in [-0.2, 0) is 15.9 Å². The van der Waals surface area contributed by atoms with E-state index in [1.54, 1.807) is 13.0 Å². The van der Waals surface area contributed by atoms with Crippen molar-refractivity contribution in [1.82, 2.24) is 0 Å². The molecule has 2 aliphatic heterocycles. The number of aliphatic hydroxyl groups excluding tert-OH is 1. The van der Waals surface area contributed by atoms with Gasteiger partial charge in [-0.2, -0.15) is 0 Å². The molecule has 1 aromatic rings. The van der Waals surface area contributed by atoms with Gasteiger partial charge >= 0.3 is 5.97 Å². The topological polar surface area (TPSA) is 99.5 Å². The Bertz CT molecular complexity index is 653. The molecule has 1 saturated heterocycles. The summed E-state index contributed by atoms with van der Waals surface area (Å²) in [6.45, 7) is 1.79. The second-order valence-electron chi connectivity index (χ2n) is 6.44. The number of epoxide rings is 1. The lowest BCUT2D eigenvalue weighted by atomic mass is 9.99. The molecule has 6 heteroatoms. The molecule has 1 aromatic carbocycles. The lowest BCUT2D eigenvalue weighted by Crippen LogP contribution is -2.20. The Kier molecular flexibility index (Phi) is 4.78. The predicted molar refractivity (Wildman–Crippen MR) is 86.0 cm³/mol. The van der Waals surface area contributed by atoms with Crippen LogP contribution in [-0.4, -0.2) is 45.7 Å². The van der Waals surface area contributed by atoms with Crippen molar-refractivity contribution in [3.63, 3.8) is 0 Å². The van der Waals surface area contributed by atoms with Crippen LogP contribution in [0.1, 0.15) is 42.1 Å². The maximum atomic E-state index is 12.4. The molecule has 0 aromatic heterocycles. The maximum absolute atomic E-state index is 12.4. The molecule has 0 aliphatic carbocycles. The first-order chi connectivity index (χ1) is 11.4. The van der Waals surface area contributed by atoms with Crippen LogP contribution >= 0.6 is 0 Å².